The molecule has 2 aromatic rings. The van der Waals surface area contributed by atoms with E-state index in [0.29, 0.717) is 13.2 Å². The fourth-order valence-corrected chi connectivity index (χ4v) is 3.19. The van der Waals surface area contributed by atoms with Crippen LogP contribution in [0.3, 0.4) is 0 Å². The topological polar surface area (TPSA) is 44.8 Å². The lowest BCUT2D eigenvalue weighted by Gasteiger charge is -2.19. The maximum absolute atomic E-state index is 11.7. The standard InChI is InChI=1S/C25H34O4/c1-4-7-9-10-13-20(29-25(26)6-3)19-28-24-17-16-23(27-18-8-5-2)21-14-11-12-15-22(21)24/h6,11-12,14-17,20H,3-5,7-10,13,18-19H2,1-2H3. The molecule has 0 saturated heterocycles. The Morgan fingerprint density at radius 2 is 1.59 bits per heavy atom. The molecular formula is C25H34O4. The molecule has 2 aromatic carbocycles. The summed E-state index contributed by atoms with van der Waals surface area (Å²) in [5.74, 6) is 1.24. The van der Waals surface area contributed by atoms with Gasteiger partial charge in [0.05, 0.1) is 6.61 Å². The van der Waals surface area contributed by atoms with Gasteiger partial charge in [0.25, 0.3) is 0 Å². The lowest BCUT2D eigenvalue weighted by Crippen LogP contribution is -2.24. The van der Waals surface area contributed by atoms with E-state index in [1.165, 1.54) is 18.9 Å². The molecular weight excluding hydrogens is 364 g/mol. The Hall–Kier alpha value is -2.49. The molecule has 0 aliphatic carbocycles. The van der Waals surface area contributed by atoms with Gasteiger partial charge in [-0.25, -0.2) is 4.79 Å². The number of hydrogen-bond donors (Lipinski definition) is 0. The Balaban J connectivity index is 2.08. The van der Waals surface area contributed by atoms with E-state index in [2.05, 4.69) is 20.4 Å². The number of hydrogen-bond acceptors (Lipinski definition) is 4. The van der Waals surface area contributed by atoms with E-state index >= 15 is 0 Å². The normalized spacial score (nSPS) is 11.8. The van der Waals surface area contributed by atoms with E-state index in [9.17, 15) is 4.79 Å². The molecule has 158 valence electrons. The Morgan fingerprint density at radius 1 is 0.931 bits per heavy atom. The molecule has 0 aliphatic rings. The van der Waals surface area contributed by atoms with Gasteiger partial charge in [-0.2, -0.15) is 0 Å². The summed E-state index contributed by atoms with van der Waals surface area (Å²) in [5.41, 5.74) is 0. The summed E-state index contributed by atoms with van der Waals surface area (Å²) in [6.45, 7) is 8.85. The molecule has 0 amide bonds. The van der Waals surface area contributed by atoms with E-state index in [1.54, 1.807) is 0 Å². The minimum absolute atomic E-state index is 0.281. The summed E-state index contributed by atoms with van der Waals surface area (Å²) in [5, 5.41) is 2.03. The van der Waals surface area contributed by atoms with Gasteiger partial charge in [-0.3, -0.25) is 0 Å². The smallest absolute Gasteiger partial charge is 0.330 e. The van der Waals surface area contributed by atoms with Crippen molar-refractivity contribution in [3.05, 3.63) is 49.1 Å². The van der Waals surface area contributed by atoms with Crippen LogP contribution in [0.2, 0.25) is 0 Å². The van der Waals surface area contributed by atoms with Crippen LogP contribution in [0.1, 0.15) is 58.8 Å². The zero-order chi connectivity index (χ0) is 20.9. The first-order valence-corrected chi connectivity index (χ1v) is 10.8. The highest BCUT2D eigenvalue weighted by molar-refractivity contribution is 5.93. The molecule has 2 rings (SSSR count). The van der Waals surface area contributed by atoms with Crippen molar-refractivity contribution in [1.82, 2.24) is 0 Å². The number of ether oxygens (including phenoxy) is 3. The Bertz CT molecular complexity index is 769. The van der Waals surface area contributed by atoms with E-state index < -0.39 is 5.97 Å². The molecule has 29 heavy (non-hydrogen) atoms. The van der Waals surface area contributed by atoms with Gasteiger partial charge in [0.15, 0.2) is 0 Å². The van der Waals surface area contributed by atoms with Crippen molar-refractivity contribution < 1.29 is 19.0 Å². The lowest BCUT2D eigenvalue weighted by atomic mass is 10.1. The number of esters is 1. The van der Waals surface area contributed by atoms with E-state index in [4.69, 9.17) is 14.2 Å². The van der Waals surface area contributed by atoms with Gasteiger partial charge in [-0.05, 0) is 31.4 Å². The van der Waals surface area contributed by atoms with Crippen molar-refractivity contribution in [2.24, 2.45) is 0 Å². The summed E-state index contributed by atoms with van der Waals surface area (Å²) in [6, 6.07) is 12.0. The number of fused-ring (bicyclic) bond motifs is 1. The molecule has 4 heteroatoms. The summed E-state index contributed by atoms with van der Waals surface area (Å²) >= 11 is 0. The van der Waals surface area contributed by atoms with Crippen LogP contribution in [0.15, 0.2) is 49.1 Å². The zero-order valence-electron chi connectivity index (χ0n) is 17.8. The lowest BCUT2D eigenvalue weighted by molar-refractivity contribution is -0.144. The van der Waals surface area contributed by atoms with Crippen molar-refractivity contribution in [2.75, 3.05) is 13.2 Å². The molecule has 0 heterocycles. The van der Waals surface area contributed by atoms with Crippen LogP contribution in [0.4, 0.5) is 0 Å². The van der Waals surface area contributed by atoms with Crippen LogP contribution in [0, 0.1) is 0 Å². The molecule has 0 N–H and O–H groups in total. The molecule has 0 bridgehead atoms. The van der Waals surface area contributed by atoms with Crippen LogP contribution < -0.4 is 9.47 Å². The second-order valence-electron chi connectivity index (χ2n) is 7.23. The maximum Gasteiger partial charge on any atom is 0.330 e. The minimum Gasteiger partial charge on any atom is -0.493 e. The molecule has 0 saturated carbocycles. The second kappa shape index (κ2) is 12.9. The Kier molecular flexibility index (Phi) is 10.1. The van der Waals surface area contributed by atoms with Gasteiger partial charge in [-0.1, -0.05) is 70.4 Å². The third kappa shape index (κ3) is 7.45. The molecule has 0 radical (unpaired) electrons. The largest absolute Gasteiger partial charge is 0.493 e. The molecule has 0 spiro atoms. The van der Waals surface area contributed by atoms with Gasteiger partial charge in [0, 0.05) is 16.8 Å². The highest BCUT2D eigenvalue weighted by Gasteiger charge is 2.15. The number of carbonyl (C=O) groups excluding carboxylic acids is 1. The van der Waals surface area contributed by atoms with Crippen molar-refractivity contribution in [2.45, 2.75) is 64.9 Å². The van der Waals surface area contributed by atoms with Crippen molar-refractivity contribution in [1.29, 1.82) is 0 Å². The highest BCUT2D eigenvalue weighted by atomic mass is 16.6. The molecule has 1 atom stereocenters. The summed E-state index contributed by atoms with van der Waals surface area (Å²) < 4.78 is 17.5. The Morgan fingerprint density at radius 3 is 2.21 bits per heavy atom. The van der Waals surface area contributed by atoms with E-state index in [1.807, 2.05) is 36.4 Å². The molecule has 0 fully saturated rings. The third-order valence-corrected chi connectivity index (χ3v) is 4.85. The van der Waals surface area contributed by atoms with Gasteiger partial charge in [0.2, 0.25) is 0 Å². The maximum atomic E-state index is 11.7. The number of rotatable bonds is 14. The van der Waals surface area contributed by atoms with E-state index in [0.717, 1.165) is 54.4 Å². The first-order chi connectivity index (χ1) is 14.2. The first-order valence-electron chi connectivity index (χ1n) is 10.8. The predicted octanol–water partition coefficient (Wildman–Crippen LogP) is 6.47. The average Bonchev–Trinajstić information content (AvgIpc) is 2.75. The highest BCUT2D eigenvalue weighted by Crippen LogP contribution is 2.33. The van der Waals surface area contributed by atoms with Crippen molar-refractivity contribution >= 4 is 16.7 Å². The van der Waals surface area contributed by atoms with Crippen molar-refractivity contribution in [3.63, 3.8) is 0 Å². The first kappa shape index (κ1) is 22.8. The average molecular weight is 399 g/mol. The molecule has 4 nitrogen and oxygen atoms in total. The van der Waals surface area contributed by atoms with Gasteiger partial charge in [0.1, 0.15) is 24.2 Å². The van der Waals surface area contributed by atoms with Gasteiger partial charge >= 0.3 is 5.97 Å². The molecule has 0 aliphatic heterocycles. The fraction of sp³-hybridized carbons (Fsp3) is 0.480. The van der Waals surface area contributed by atoms with Gasteiger partial charge < -0.3 is 14.2 Å². The van der Waals surface area contributed by atoms with Gasteiger partial charge in [-0.15, -0.1) is 0 Å². The molecule has 0 aromatic heterocycles. The van der Waals surface area contributed by atoms with Crippen molar-refractivity contribution in [3.8, 4) is 11.5 Å². The monoisotopic (exact) mass is 398 g/mol. The number of carbonyl (C=O) groups is 1. The van der Waals surface area contributed by atoms with Crippen LogP contribution in [-0.4, -0.2) is 25.3 Å². The van der Waals surface area contributed by atoms with Crippen LogP contribution in [0.25, 0.3) is 10.8 Å². The third-order valence-electron chi connectivity index (χ3n) is 4.85. The Labute approximate surface area is 174 Å². The van der Waals surface area contributed by atoms with Crippen LogP contribution in [0.5, 0.6) is 11.5 Å². The summed E-state index contributed by atoms with van der Waals surface area (Å²) in [7, 11) is 0. The number of unbranched alkanes of at least 4 members (excludes halogenated alkanes) is 4. The fourth-order valence-electron chi connectivity index (χ4n) is 3.19. The number of benzene rings is 2. The zero-order valence-corrected chi connectivity index (χ0v) is 17.8. The van der Waals surface area contributed by atoms with Crippen LogP contribution >= 0.6 is 0 Å². The second-order valence-corrected chi connectivity index (χ2v) is 7.23. The SMILES string of the molecule is C=CC(=O)OC(CCCCCC)COc1ccc(OCCCC)c2ccccc12. The quantitative estimate of drug-likeness (QED) is 0.208. The minimum atomic E-state index is -0.404. The molecule has 1 unspecified atom stereocenters. The van der Waals surface area contributed by atoms with Crippen LogP contribution in [-0.2, 0) is 9.53 Å². The summed E-state index contributed by atoms with van der Waals surface area (Å²) in [4.78, 5) is 11.7. The van der Waals surface area contributed by atoms with E-state index in [-0.39, 0.29) is 6.10 Å². The predicted molar refractivity (Wildman–Crippen MR) is 119 cm³/mol. The summed E-state index contributed by atoms with van der Waals surface area (Å²) in [6.07, 6.45) is 8.34.